The Morgan fingerprint density at radius 2 is 1.92 bits per heavy atom. The maximum atomic E-state index is 13.0. The lowest BCUT2D eigenvalue weighted by atomic mass is 10.1. The molecule has 1 fully saturated rings. The monoisotopic (exact) mass is 430 g/mol. The number of hydrogen-bond donors (Lipinski definition) is 1. The number of aryl methyl sites for hydroxylation is 1. The highest BCUT2D eigenvalue weighted by atomic mass is 79.9. The highest BCUT2D eigenvalue weighted by Crippen LogP contribution is 2.28. The number of rotatable bonds is 3. The second-order valence-electron chi connectivity index (χ2n) is 5.64. The normalized spacial score (nSPS) is 16.0. The van der Waals surface area contributed by atoms with Gasteiger partial charge in [0.1, 0.15) is 11.3 Å². The minimum atomic E-state index is -0.517. The largest absolute Gasteiger partial charge is 0.496 e. The lowest BCUT2D eigenvalue weighted by Gasteiger charge is -2.30. The van der Waals surface area contributed by atoms with Crippen LogP contribution in [0.15, 0.2) is 52.5 Å². The van der Waals surface area contributed by atoms with Gasteiger partial charge in [-0.05, 0) is 70.5 Å². The van der Waals surface area contributed by atoms with E-state index in [1.165, 1.54) is 11.0 Å². The molecule has 0 atom stereocenters. The molecule has 1 heterocycles. The van der Waals surface area contributed by atoms with Gasteiger partial charge in [-0.25, -0.2) is 0 Å². The standard InChI is InChI=1S/C19H15BrN2O3S/c1-11-5-3-4-6-15(11)22-18(24)13(17(23)21-19(22)26)9-12-7-8-16(25-2)14(20)10-12/h3-10H,1-2H3,(H,21,23,26)/b13-9+. The lowest BCUT2D eigenvalue weighted by molar-refractivity contribution is -0.122. The van der Waals surface area contributed by atoms with Gasteiger partial charge in [0.25, 0.3) is 11.8 Å². The van der Waals surface area contributed by atoms with Crippen LogP contribution in [-0.2, 0) is 9.59 Å². The molecule has 2 aromatic carbocycles. The summed E-state index contributed by atoms with van der Waals surface area (Å²) in [5.74, 6) is -0.314. The summed E-state index contributed by atoms with van der Waals surface area (Å²) < 4.78 is 5.92. The predicted molar refractivity (Wildman–Crippen MR) is 108 cm³/mol. The summed E-state index contributed by atoms with van der Waals surface area (Å²) in [5, 5.41) is 2.66. The molecule has 0 bridgehead atoms. The molecular weight excluding hydrogens is 416 g/mol. The van der Waals surface area contributed by atoms with Gasteiger partial charge in [0, 0.05) is 0 Å². The minimum absolute atomic E-state index is 0.0129. The van der Waals surface area contributed by atoms with E-state index in [0.29, 0.717) is 17.0 Å². The Labute approximate surface area is 164 Å². The van der Waals surface area contributed by atoms with E-state index in [4.69, 9.17) is 17.0 Å². The van der Waals surface area contributed by atoms with Crippen molar-refractivity contribution in [3.8, 4) is 5.75 Å². The molecular formula is C19H15BrN2O3S. The van der Waals surface area contributed by atoms with Gasteiger partial charge in [0.05, 0.1) is 17.3 Å². The number of methoxy groups -OCH3 is 1. The van der Waals surface area contributed by atoms with Crippen molar-refractivity contribution < 1.29 is 14.3 Å². The molecule has 0 unspecified atom stereocenters. The summed E-state index contributed by atoms with van der Waals surface area (Å²) in [6.45, 7) is 1.88. The number of amides is 2. The van der Waals surface area contributed by atoms with Crippen molar-refractivity contribution in [3.63, 3.8) is 0 Å². The number of nitrogens with zero attached hydrogens (tertiary/aromatic N) is 1. The molecule has 132 valence electrons. The van der Waals surface area contributed by atoms with Crippen molar-refractivity contribution in [2.24, 2.45) is 0 Å². The van der Waals surface area contributed by atoms with Crippen LogP contribution < -0.4 is 15.0 Å². The quantitative estimate of drug-likeness (QED) is 0.459. The van der Waals surface area contributed by atoms with Crippen LogP contribution in [0.3, 0.4) is 0 Å². The number of anilines is 1. The van der Waals surface area contributed by atoms with Gasteiger partial charge in [0.2, 0.25) is 0 Å². The molecule has 7 heteroatoms. The van der Waals surface area contributed by atoms with E-state index < -0.39 is 11.8 Å². The Kier molecular flexibility index (Phi) is 5.20. The van der Waals surface area contributed by atoms with Gasteiger partial charge >= 0.3 is 0 Å². The maximum absolute atomic E-state index is 13.0. The SMILES string of the molecule is COc1ccc(/C=C2\C(=O)NC(=S)N(c3ccccc3C)C2=O)cc1Br. The molecule has 0 spiro atoms. The Bertz CT molecular complexity index is 956. The fourth-order valence-electron chi connectivity index (χ4n) is 2.63. The van der Waals surface area contributed by atoms with Gasteiger partial charge in [-0.15, -0.1) is 0 Å². The number of benzene rings is 2. The summed E-state index contributed by atoms with van der Waals surface area (Å²) in [7, 11) is 1.57. The number of thiocarbonyl (C=S) groups is 1. The van der Waals surface area contributed by atoms with Crippen LogP contribution in [0.2, 0.25) is 0 Å². The molecule has 2 amide bonds. The fourth-order valence-corrected chi connectivity index (χ4v) is 3.46. The van der Waals surface area contributed by atoms with Crippen LogP contribution in [0, 0.1) is 6.92 Å². The van der Waals surface area contributed by atoms with Gasteiger partial charge in [-0.1, -0.05) is 24.3 Å². The summed E-state index contributed by atoms with van der Waals surface area (Å²) in [4.78, 5) is 26.7. The third-order valence-electron chi connectivity index (χ3n) is 3.94. The molecule has 1 aliphatic rings. The van der Waals surface area contributed by atoms with Gasteiger partial charge in [-0.2, -0.15) is 0 Å². The molecule has 5 nitrogen and oxygen atoms in total. The molecule has 26 heavy (non-hydrogen) atoms. The molecule has 0 aliphatic carbocycles. The molecule has 2 aromatic rings. The molecule has 1 saturated heterocycles. The zero-order valence-electron chi connectivity index (χ0n) is 14.1. The Morgan fingerprint density at radius 3 is 2.58 bits per heavy atom. The van der Waals surface area contributed by atoms with Crippen molar-refractivity contribution in [2.75, 3.05) is 12.0 Å². The first-order valence-corrected chi connectivity index (χ1v) is 8.93. The zero-order chi connectivity index (χ0) is 18.8. The number of hydrogen-bond acceptors (Lipinski definition) is 4. The number of para-hydroxylation sites is 1. The van der Waals surface area contributed by atoms with E-state index in [-0.39, 0.29) is 10.7 Å². The van der Waals surface area contributed by atoms with Crippen LogP contribution >= 0.6 is 28.1 Å². The van der Waals surface area contributed by atoms with E-state index in [2.05, 4.69) is 21.2 Å². The number of nitrogens with one attached hydrogen (secondary N) is 1. The van der Waals surface area contributed by atoms with E-state index in [1.807, 2.05) is 25.1 Å². The van der Waals surface area contributed by atoms with Crippen molar-refractivity contribution in [3.05, 3.63) is 63.6 Å². The highest BCUT2D eigenvalue weighted by molar-refractivity contribution is 9.10. The van der Waals surface area contributed by atoms with Gasteiger partial charge in [-0.3, -0.25) is 19.8 Å². The summed E-state index contributed by atoms with van der Waals surface area (Å²) in [6, 6.07) is 12.7. The third kappa shape index (κ3) is 3.40. The number of carbonyl (C=O) groups excluding carboxylic acids is 2. The van der Waals surface area contributed by atoms with E-state index in [0.717, 1.165) is 10.0 Å². The van der Waals surface area contributed by atoms with Crippen molar-refractivity contribution in [1.29, 1.82) is 0 Å². The van der Waals surface area contributed by atoms with Crippen molar-refractivity contribution >= 4 is 56.8 Å². The molecule has 0 aromatic heterocycles. The predicted octanol–water partition coefficient (Wildman–Crippen LogP) is 3.60. The molecule has 1 aliphatic heterocycles. The average Bonchev–Trinajstić information content (AvgIpc) is 2.60. The third-order valence-corrected chi connectivity index (χ3v) is 4.85. The molecule has 3 rings (SSSR count). The van der Waals surface area contributed by atoms with Crippen molar-refractivity contribution in [1.82, 2.24) is 5.32 Å². The first-order valence-electron chi connectivity index (χ1n) is 7.73. The number of carbonyl (C=O) groups is 2. The fraction of sp³-hybridized carbons (Fsp3) is 0.105. The smallest absolute Gasteiger partial charge is 0.270 e. The van der Waals surface area contributed by atoms with Crippen molar-refractivity contribution in [2.45, 2.75) is 6.92 Å². The molecule has 1 N–H and O–H groups in total. The Balaban J connectivity index is 2.03. The zero-order valence-corrected chi connectivity index (χ0v) is 16.5. The molecule has 0 saturated carbocycles. The molecule has 0 radical (unpaired) electrons. The second-order valence-corrected chi connectivity index (χ2v) is 6.88. The minimum Gasteiger partial charge on any atom is -0.496 e. The van der Waals surface area contributed by atoms with E-state index in [9.17, 15) is 9.59 Å². The second kappa shape index (κ2) is 7.39. The topological polar surface area (TPSA) is 58.6 Å². The van der Waals surface area contributed by atoms with Crippen LogP contribution in [0.4, 0.5) is 5.69 Å². The average molecular weight is 431 g/mol. The first kappa shape index (κ1) is 18.3. The van der Waals surface area contributed by atoms with Gasteiger partial charge < -0.3 is 4.74 Å². The number of ether oxygens (including phenoxy) is 1. The lowest BCUT2D eigenvalue weighted by Crippen LogP contribution is -2.54. The first-order chi connectivity index (χ1) is 12.4. The summed E-state index contributed by atoms with van der Waals surface area (Å²) in [6.07, 6.45) is 1.54. The van der Waals surface area contributed by atoms with Crippen LogP contribution in [0.25, 0.3) is 6.08 Å². The summed E-state index contributed by atoms with van der Waals surface area (Å²) >= 11 is 8.62. The van der Waals surface area contributed by atoms with Gasteiger partial charge in [0.15, 0.2) is 5.11 Å². The van der Waals surface area contributed by atoms with E-state index >= 15 is 0 Å². The summed E-state index contributed by atoms with van der Waals surface area (Å²) in [5.41, 5.74) is 2.22. The van der Waals surface area contributed by atoms with Crippen LogP contribution in [-0.4, -0.2) is 24.0 Å². The Morgan fingerprint density at radius 1 is 1.19 bits per heavy atom. The Hall–Kier alpha value is -2.51. The van der Waals surface area contributed by atoms with Crippen LogP contribution in [0.1, 0.15) is 11.1 Å². The van der Waals surface area contributed by atoms with E-state index in [1.54, 1.807) is 31.4 Å². The number of halogens is 1. The van der Waals surface area contributed by atoms with Crippen LogP contribution in [0.5, 0.6) is 5.75 Å². The maximum Gasteiger partial charge on any atom is 0.270 e. The highest BCUT2D eigenvalue weighted by Gasteiger charge is 2.35.